The Kier molecular flexibility index (Phi) is 7.27. The summed E-state index contributed by atoms with van der Waals surface area (Å²) in [7, 11) is 1.56. The summed E-state index contributed by atoms with van der Waals surface area (Å²) < 4.78 is 12.1. The molecule has 0 aliphatic heterocycles. The molecular weight excluding hydrogens is 504 g/mol. The van der Waals surface area contributed by atoms with E-state index in [1.54, 1.807) is 25.5 Å². The fraction of sp³-hybridized carbons (Fsp3) is 0.0769. The lowest BCUT2D eigenvalue weighted by atomic mass is 10.0. The van der Waals surface area contributed by atoms with Gasteiger partial charge in [0.15, 0.2) is 11.5 Å². The molecule has 33 heavy (non-hydrogen) atoms. The second-order valence-electron chi connectivity index (χ2n) is 7.14. The number of hydrogen-bond acceptors (Lipinski definition) is 4. The number of nitrogens with one attached hydrogen (secondary N) is 1. The quantitative estimate of drug-likeness (QED) is 0.219. The Morgan fingerprint density at radius 2 is 1.82 bits per heavy atom. The van der Waals surface area contributed by atoms with E-state index in [1.165, 1.54) is 0 Å². The van der Waals surface area contributed by atoms with Gasteiger partial charge in [-0.1, -0.05) is 66.2 Å². The molecule has 0 aromatic heterocycles. The van der Waals surface area contributed by atoms with Crippen molar-refractivity contribution in [3.8, 4) is 11.5 Å². The third-order valence-electron chi connectivity index (χ3n) is 5.00. The van der Waals surface area contributed by atoms with Crippen LogP contribution in [0, 0.1) is 0 Å². The predicted molar refractivity (Wildman–Crippen MR) is 135 cm³/mol. The van der Waals surface area contributed by atoms with Crippen molar-refractivity contribution in [3.63, 3.8) is 0 Å². The van der Waals surface area contributed by atoms with Crippen molar-refractivity contribution >= 4 is 50.4 Å². The standard InChI is InChI=1S/C26H20BrClN2O3/c1-32-24-14-17(13-22(27)25(24)33-16-19-8-3-5-12-23(19)28)15-29-30-26(31)21-11-6-9-18-7-2-4-10-20(18)21/h2-15H,16H2,1H3,(H,30,31). The first-order valence-electron chi connectivity index (χ1n) is 10.1. The van der Waals surface area contributed by atoms with E-state index < -0.39 is 0 Å². The molecule has 0 unspecified atom stereocenters. The smallest absolute Gasteiger partial charge is 0.271 e. The van der Waals surface area contributed by atoms with Crippen molar-refractivity contribution < 1.29 is 14.3 Å². The van der Waals surface area contributed by atoms with Crippen LogP contribution >= 0.6 is 27.5 Å². The van der Waals surface area contributed by atoms with E-state index in [0.717, 1.165) is 21.9 Å². The van der Waals surface area contributed by atoms with Gasteiger partial charge in [0, 0.05) is 16.1 Å². The van der Waals surface area contributed by atoms with E-state index in [0.29, 0.717) is 33.2 Å². The van der Waals surface area contributed by atoms with Gasteiger partial charge < -0.3 is 9.47 Å². The van der Waals surface area contributed by atoms with E-state index in [1.807, 2.05) is 66.7 Å². The Bertz CT molecular complexity index is 1340. The van der Waals surface area contributed by atoms with Crippen LogP contribution in [-0.4, -0.2) is 19.2 Å². The van der Waals surface area contributed by atoms with Gasteiger partial charge >= 0.3 is 0 Å². The van der Waals surface area contributed by atoms with E-state index in [4.69, 9.17) is 21.1 Å². The first-order chi connectivity index (χ1) is 16.1. The highest BCUT2D eigenvalue weighted by Crippen LogP contribution is 2.37. The summed E-state index contributed by atoms with van der Waals surface area (Å²) in [6.07, 6.45) is 1.55. The molecule has 4 aromatic carbocycles. The van der Waals surface area contributed by atoms with Crippen LogP contribution in [0.25, 0.3) is 10.8 Å². The summed E-state index contributed by atoms with van der Waals surface area (Å²) in [5.74, 6) is 0.793. The topological polar surface area (TPSA) is 59.9 Å². The number of hydrogen-bond donors (Lipinski definition) is 1. The van der Waals surface area contributed by atoms with Crippen LogP contribution in [-0.2, 0) is 6.61 Å². The fourth-order valence-corrected chi connectivity index (χ4v) is 4.13. The monoisotopic (exact) mass is 522 g/mol. The minimum absolute atomic E-state index is 0.284. The highest BCUT2D eigenvalue weighted by atomic mass is 79.9. The molecule has 0 fully saturated rings. The van der Waals surface area contributed by atoms with Crippen LogP contribution in [0.4, 0.5) is 0 Å². The molecular formula is C26H20BrClN2O3. The Hall–Kier alpha value is -3.35. The molecule has 5 nitrogen and oxygen atoms in total. The maximum atomic E-state index is 12.7. The summed E-state index contributed by atoms with van der Waals surface area (Å²) in [4.78, 5) is 12.7. The molecule has 0 atom stereocenters. The maximum absolute atomic E-state index is 12.7. The lowest BCUT2D eigenvalue weighted by Crippen LogP contribution is -2.17. The van der Waals surface area contributed by atoms with Gasteiger partial charge in [-0.25, -0.2) is 5.43 Å². The number of amides is 1. The summed E-state index contributed by atoms with van der Waals surface area (Å²) in [6.45, 7) is 0.295. The molecule has 166 valence electrons. The van der Waals surface area contributed by atoms with Crippen LogP contribution < -0.4 is 14.9 Å². The lowest BCUT2D eigenvalue weighted by Gasteiger charge is -2.14. The van der Waals surface area contributed by atoms with Crippen molar-refractivity contribution in [3.05, 3.63) is 105 Å². The number of hydrazone groups is 1. The number of ether oxygens (including phenoxy) is 2. The first-order valence-corrected chi connectivity index (χ1v) is 11.3. The van der Waals surface area contributed by atoms with E-state index in [9.17, 15) is 4.79 Å². The molecule has 0 heterocycles. The largest absolute Gasteiger partial charge is 0.493 e. The van der Waals surface area contributed by atoms with E-state index in [2.05, 4.69) is 26.5 Å². The van der Waals surface area contributed by atoms with E-state index >= 15 is 0 Å². The Morgan fingerprint density at radius 3 is 2.64 bits per heavy atom. The van der Waals surface area contributed by atoms with Gasteiger partial charge in [-0.15, -0.1) is 0 Å². The third-order valence-corrected chi connectivity index (χ3v) is 5.95. The molecule has 0 spiro atoms. The number of halogens is 2. The van der Waals surface area contributed by atoms with Crippen LogP contribution in [0.5, 0.6) is 11.5 Å². The number of carbonyl (C=O) groups is 1. The van der Waals surface area contributed by atoms with Gasteiger partial charge in [-0.3, -0.25) is 4.79 Å². The van der Waals surface area contributed by atoms with Crippen molar-refractivity contribution in [1.29, 1.82) is 0 Å². The van der Waals surface area contributed by atoms with Crippen LogP contribution in [0.15, 0.2) is 88.4 Å². The number of carbonyl (C=O) groups excluding carboxylic acids is 1. The molecule has 4 aromatic rings. The second-order valence-corrected chi connectivity index (χ2v) is 8.40. The summed E-state index contributed by atoms with van der Waals surface area (Å²) >= 11 is 9.74. The highest BCUT2D eigenvalue weighted by Gasteiger charge is 2.13. The van der Waals surface area contributed by atoms with Gasteiger partial charge in [-0.2, -0.15) is 5.10 Å². The summed E-state index contributed by atoms with van der Waals surface area (Å²) in [5.41, 5.74) is 4.75. The molecule has 0 saturated heterocycles. The first kappa shape index (κ1) is 22.8. The molecule has 0 saturated carbocycles. The molecule has 0 aliphatic rings. The molecule has 0 bridgehead atoms. The van der Waals surface area contributed by atoms with Crippen LogP contribution in [0.1, 0.15) is 21.5 Å². The fourth-order valence-electron chi connectivity index (χ4n) is 3.37. The van der Waals surface area contributed by atoms with Gasteiger partial charge in [0.2, 0.25) is 0 Å². The van der Waals surface area contributed by atoms with Gasteiger partial charge in [-0.05, 0) is 56.5 Å². The number of fused-ring (bicyclic) bond motifs is 1. The molecule has 1 amide bonds. The number of rotatable bonds is 7. The van der Waals surface area contributed by atoms with Crippen molar-refractivity contribution in [2.24, 2.45) is 5.10 Å². The number of methoxy groups -OCH3 is 1. The highest BCUT2D eigenvalue weighted by molar-refractivity contribution is 9.10. The van der Waals surface area contributed by atoms with Gasteiger partial charge in [0.05, 0.1) is 17.8 Å². The van der Waals surface area contributed by atoms with Crippen LogP contribution in [0.3, 0.4) is 0 Å². The Morgan fingerprint density at radius 1 is 1.06 bits per heavy atom. The Balaban J connectivity index is 1.48. The molecule has 0 radical (unpaired) electrons. The van der Waals surface area contributed by atoms with Crippen molar-refractivity contribution in [1.82, 2.24) is 5.43 Å². The average Bonchev–Trinajstić information content (AvgIpc) is 2.83. The average molecular weight is 524 g/mol. The minimum atomic E-state index is -0.284. The molecule has 4 rings (SSSR count). The summed E-state index contributed by atoms with van der Waals surface area (Å²) in [5, 5.41) is 6.62. The number of benzene rings is 4. The van der Waals surface area contributed by atoms with Crippen molar-refractivity contribution in [2.45, 2.75) is 6.61 Å². The number of nitrogens with zero attached hydrogens (tertiary/aromatic N) is 1. The predicted octanol–water partition coefficient (Wildman–Crippen LogP) is 6.61. The van der Waals surface area contributed by atoms with E-state index in [-0.39, 0.29) is 5.91 Å². The summed E-state index contributed by atoms with van der Waals surface area (Å²) in [6, 6.07) is 24.4. The molecule has 7 heteroatoms. The Labute approximate surface area is 205 Å². The zero-order valence-electron chi connectivity index (χ0n) is 17.7. The normalized spacial score (nSPS) is 11.0. The molecule has 1 N–H and O–H groups in total. The van der Waals surface area contributed by atoms with Gasteiger partial charge in [0.1, 0.15) is 6.61 Å². The SMILES string of the molecule is COc1cc(C=NNC(=O)c2cccc3ccccc23)cc(Br)c1OCc1ccccc1Cl. The molecule has 0 aliphatic carbocycles. The van der Waals surface area contributed by atoms with Gasteiger partial charge in [0.25, 0.3) is 5.91 Å². The third kappa shape index (κ3) is 5.35. The second kappa shape index (κ2) is 10.5. The minimum Gasteiger partial charge on any atom is -0.493 e. The lowest BCUT2D eigenvalue weighted by molar-refractivity contribution is 0.0957. The maximum Gasteiger partial charge on any atom is 0.271 e. The zero-order valence-corrected chi connectivity index (χ0v) is 20.1. The zero-order chi connectivity index (χ0) is 23.2. The van der Waals surface area contributed by atoms with Crippen LogP contribution in [0.2, 0.25) is 5.02 Å². The van der Waals surface area contributed by atoms with Crippen molar-refractivity contribution in [2.75, 3.05) is 7.11 Å².